The fourth-order valence-electron chi connectivity index (χ4n) is 1.08. The lowest BCUT2D eigenvalue weighted by Gasteiger charge is -2.28. The molecule has 0 bridgehead atoms. The number of hydrogen-bond donors (Lipinski definition) is 1. The Hall–Kier alpha value is -0.440. The van der Waals surface area contributed by atoms with E-state index in [0.29, 0.717) is 24.9 Å². The number of amides is 2. The molecular weight excluding hydrogens is 224 g/mol. The molecule has 0 fully saturated rings. The minimum Gasteiger partial charge on any atom is -0.338 e. The number of nitrogens with zero attached hydrogens (tertiary/aromatic N) is 1. The van der Waals surface area contributed by atoms with Crippen LogP contribution in [-0.4, -0.2) is 36.9 Å². The standard InChI is InChI=1S/C12H25ClN2O/c1-10(12(2,3)4)9-14-11(16)15(5)8-6-7-13/h10H,6-9H2,1-5H3,(H,14,16)/t10-/m1/s1. The van der Waals surface area contributed by atoms with Gasteiger partial charge in [-0.25, -0.2) is 4.79 Å². The highest BCUT2D eigenvalue weighted by Crippen LogP contribution is 2.24. The van der Waals surface area contributed by atoms with Crippen LogP contribution in [0, 0.1) is 11.3 Å². The van der Waals surface area contributed by atoms with Gasteiger partial charge >= 0.3 is 6.03 Å². The van der Waals surface area contributed by atoms with Crippen molar-refractivity contribution in [2.75, 3.05) is 26.0 Å². The van der Waals surface area contributed by atoms with E-state index in [1.165, 1.54) is 0 Å². The molecule has 0 rings (SSSR count). The van der Waals surface area contributed by atoms with E-state index in [4.69, 9.17) is 11.6 Å². The van der Waals surface area contributed by atoms with Crippen molar-refractivity contribution in [2.45, 2.75) is 34.1 Å². The molecule has 0 unspecified atom stereocenters. The zero-order valence-electron chi connectivity index (χ0n) is 11.1. The molecular formula is C12H25ClN2O. The highest BCUT2D eigenvalue weighted by Gasteiger charge is 2.20. The van der Waals surface area contributed by atoms with Crippen LogP contribution in [0.5, 0.6) is 0 Å². The first-order chi connectivity index (χ1) is 7.29. The van der Waals surface area contributed by atoms with Crippen LogP contribution in [0.15, 0.2) is 0 Å². The summed E-state index contributed by atoms with van der Waals surface area (Å²) in [6.07, 6.45) is 0.834. The minimum absolute atomic E-state index is 0.0128. The van der Waals surface area contributed by atoms with Crippen molar-refractivity contribution in [1.29, 1.82) is 0 Å². The molecule has 0 aliphatic heterocycles. The molecule has 1 atom stereocenters. The molecule has 0 aromatic rings. The van der Waals surface area contributed by atoms with Crippen LogP contribution in [0.25, 0.3) is 0 Å². The van der Waals surface area contributed by atoms with Crippen molar-refractivity contribution in [3.63, 3.8) is 0 Å². The molecule has 16 heavy (non-hydrogen) atoms. The van der Waals surface area contributed by atoms with Crippen molar-refractivity contribution in [1.82, 2.24) is 10.2 Å². The Bertz CT molecular complexity index is 214. The molecule has 0 aromatic heterocycles. The molecule has 0 aromatic carbocycles. The molecule has 0 heterocycles. The number of halogens is 1. The predicted octanol–water partition coefficient (Wildman–Crippen LogP) is 2.94. The molecule has 0 aliphatic rings. The number of urea groups is 1. The van der Waals surface area contributed by atoms with Gasteiger partial charge in [0.25, 0.3) is 0 Å². The summed E-state index contributed by atoms with van der Waals surface area (Å²) in [6.45, 7) is 10.1. The van der Waals surface area contributed by atoms with Gasteiger partial charge in [-0.2, -0.15) is 0 Å². The smallest absolute Gasteiger partial charge is 0.317 e. The first kappa shape index (κ1) is 15.6. The maximum absolute atomic E-state index is 11.7. The molecule has 96 valence electrons. The first-order valence-corrected chi connectivity index (χ1v) is 6.37. The second-order valence-electron chi connectivity index (χ2n) is 5.42. The Kier molecular flexibility index (Phi) is 6.81. The average Bonchev–Trinajstić information content (AvgIpc) is 2.20. The molecule has 2 amide bonds. The molecule has 0 radical (unpaired) electrons. The van der Waals surface area contributed by atoms with Gasteiger partial charge in [0, 0.05) is 26.0 Å². The van der Waals surface area contributed by atoms with E-state index in [-0.39, 0.29) is 11.4 Å². The highest BCUT2D eigenvalue weighted by molar-refractivity contribution is 6.17. The van der Waals surface area contributed by atoms with Gasteiger partial charge in [-0.15, -0.1) is 11.6 Å². The number of rotatable bonds is 5. The maximum Gasteiger partial charge on any atom is 0.317 e. The van der Waals surface area contributed by atoms with Crippen molar-refractivity contribution in [2.24, 2.45) is 11.3 Å². The van der Waals surface area contributed by atoms with Crippen molar-refractivity contribution >= 4 is 17.6 Å². The summed E-state index contributed by atoms with van der Waals surface area (Å²) in [4.78, 5) is 13.3. The van der Waals surface area contributed by atoms with E-state index in [0.717, 1.165) is 6.42 Å². The second-order valence-corrected chi connectivity index (χ2v) is 5.80. The van der Waals surface area contributed by atoms with Crippen LogP contribution in [0.3, 0.4) is 0 Å². The molecule has 0 spiro atoms. The van der Waals surface area contributed by atoms with Crippen molar-refractivity contribution in [3.05, 3.63) is 0 Å². The van der Waals surface area contributed by atoms with E-state index in [2.05, 4.69) is 33.0 Å². The second kappa shape index (κ2) is 7.00. The minimum atomic E-state index is -0.0128. The highest BCUT2D eigenvalue weighted by atomic mass is 35.5. The van der Waals surface area contributed by atoms with Crippen molar-refractivity contribution < 1.29 is 4.79 Å². The maximum atomic E-state index is 11.7. The summed E-state index contributed by atoms with van der Waals surface area (Å²) in [5.41, 5.74) is 0.224. The van der Waals surface area contributed by atoms with Crippen LogP contribution in [0.2, 0.25) is 0 Å². The Labute approximate surface area is 105 Å². The molecule has 0 saturated heterocycles. The lowest BCUT2D eigenvalue weighted by molar-refractivity contribution is 0.198. The Morgan fingerprint density at radius 1 is 1.44 bits per heavy atom. The monoisotopic (exact) mass is 248 g/mol. The van der Waals surface area contributed by atoms with Crippen LogP contribution in [0.4, 0.5) is 4.79 Å². The van der Waals surface area contributed by atoms with E-state index in [1.807, 2.05) is 0 Å². The first-order valence-electron chi connectivity index (χ1n) is 5.84. The summed E-state index contributed by atoms with van der Waals surface area (Å²) in [5.74, 6) is 1.05. The van der Waals surface area contributed by atoms with E-state index < -0.39 is 0 Å². The number of nitrogens with one attached hydrogen (secondary N) is 1. The largest absolute Gasteiger partial charge is 0.338 e. The van der Waals surface area contributed by atoms with Crippen LogP contribution in [-0.2, 0) is 0 Å². The van der Waals surface area contributed by atoms with E-state index in [1.54, 1.807) is 11.9 Å². The van der Waals surface area contributed by atoms with Crippen molar-refractivity contribution in [3.8, 4) is 0 Å². The summed E-state index contributed by atoms with van der Waals surface area (Å²) in [5, 5.41) is 2.94. The number of carbonyl (C=O) groups is 1. The normalized spacial score (nSPS) is 13.4. The third kappa shape index (κ3) is 6.21. The molecule has 3 nitrogen and oxygen atoms in total. The quantitative estimate of drug-likeness (QED) is 0.746. The summed E-state index contributed by atoms with van der Waals surface area (Å²) < 4.78 is 0. The van der Waals surface area contributed by atoms with Gasteiger partial charge in [0.1, 0.15) is 0 Å². The third-order valence-electron chi connectivity index (χ3n) is 3.01. The third-order valence-corrected chi connectivity index (χ3v) is 3.28. The van der Waals surface area contributed by atoms with Crippen LogP contribution in [0.1, 0.15) is 34.1 Å². The van der Waals surface area contributed by atoms with Gasteiger partial charge in [0.15, 0.2) is 0 Å². The Morgan fingerprint density at radius 2 is 2.00 bits per heavy atom. The van der Waals surface area contributed by atoms with E-state index in [9.17, 15) is 4.79 Å². The lowest BCUT2D eigenvalue weighted by Crippen LogP contribution is -2.41. The fourth-order valence-corrected chi connectivity index (χ4v) is 1.20. The van der Waals surface area contributed by atoms with Gasteiger partial charge in [0.05, 0.1) is 0 Å². The SMILES string of the molecule is C[C@H](CNC(=O)N(C)CCCCl)C(C)(C)C. The fraction of sp³-hybridized carbons (Fsp3) is 0.917. The number of alkyl halides is 1. The number of carbonyl (C=O) groups excluding carboxylic acids is 1. The van der Waals surface area contributed by atoms with Crippen LogP contribution < -0.4 is 5.32 Å². The Morgan fingerprint density at radius 3 is 2.44 bits per heavy atom. The zero-order valence-corrected chi connectivity index (χ0v) is 11.9. The molecule has 0 aliphatic carbocycles. The van der Waals surface area contributed by atoms with E-state index >= 15 is 0 Å². The Balaban J connectivity index is 3.89. The van der Waals surface area contributed by atoms with Gasteiger partial charge in [-0.05, 0) is 17.8 Å². The summed E-state index contributed by atoms with van der Waals surface area (Å²) in [7, 11) is 1.80. The molecule has 0 saturated carbocycles. The van der Waals surface area contributed by atoms with Gasteiger partial charge in [0.2, 0.25) is 0 Å². The molecule has 4 heteroatoms. The average molecular weight is 249 g/mol. The zero-order chi connectivity index (χ0) is 12.8. The van der Waals surface area contributed by atoms with Crippen LogP contribution >= 0.6 is 11.6 Å². The topological polar surface area (TPSA) is 32.3 Å². The van der Waals surface area contributed by atoms with Gasteiger partial charge < -0.3 is 10.2 Å². The lowest BCUT2D eigenvalue weighted by atomic mass is 9.82. The summed E-state index contributed by atoms with van der Waals surface area (Å²) >= 11 is 5.58. The number of hydrogen-bond acceptors (Lipinski definition) is 1. The summed E-state index contributed by atoms with van der Waals surface area (Å²) in [6, 6.07) is -0.0128. The predicted molar refractivity (Wildman–Crippen MR) is 70.0 cm³/mol. The van der Waals surface area contributed by atoms with Gasteiger partial charge in [-0.1, -0.05) is 27.7 Å². The van der Waals surface area contributed by atoms with Gasteiger partial charge in [-0.3, -0.25) is 0 Å². The molecule has 1 N–H and O–H groups in total.